The largest absolute Gasteiger partial charge is 0.480 e. The maximum absolute atomic E-state index is 10.7. The molecule has 0 aliphatic rings. The lowest BCUT2D eigenvalue weighted by molar-refractivity contribution is -0.144. The Morgan fingerprint density at radius 2 is 2.09 bits per heavy atom. The van der Waals surface area contributed by atoms with Crippen molar-refractivity contribution in [1.82, 2.24) is 0 Å². The Balaban J connectivity index is 4.22. The highest BCUT2D eigenvalue weighted by molar-refractivity contribution is 5.78. The van der Waals surface area contributed by atoms with Crippen LogP contribution >= 0.6 is 0 Å². The van der Waals surface area contributed by atoms with Gasteiger partial charge in [-0.2, -0.15) is 0 Å². The Hall–Kier alpha value is -0.570. The van der Waals surface area contributed by atoms with Gasteiger partial charge in [0.05, 0.1) is 0 Å². The van der Waals surface area contributed by atoms with Crippen LogP contribution in [0.5, 0.6) is 0 Å². The summed E-state index contributed by atoms with van der Waals surface area (Å²) in [5.41, 5.74) is 4.62. The minimum Gasteiger partial charge on any atom is -0.480 e. The third-order valence-corrected chi connectivity index (χ3v) is 1.83. The maximum atomic E-state index is 10.7. The van der Waals surface area contributed by atoms with Gasteiger partial charge in [0.25, 0.3) is 0 Å². The Bertz CT molecular complexity index is 145. The zero-order valence-electron chi connectivity index (χ0n) is 7.42. The van der Waals surface area contributed by atoms with Crippen LogP contribution in [-0.2, 0) is 4.79 Å². The van der Waals surface area contributed by atoms with Crippen molar-refractivity contribution in [2.45, 2.75) is 39.2 Å². The number of carboxylic acid groups (broad SMARTS) is 1. The molecule has 0 radical (unpaired) electrons. The van der Waals surface area contributed by atoms with Gasteiger partial charge in [0, 0.05) is 0 Å². The number of nitrogens with two attached hydrogens (primary N) is 1. The van der Waals surface area contributed by atoms with Crippen molar-refractivity contribution in [3.05, 3.63) is 0 Å². The number of hydrogen-bond acceptors (Lipinski definition) is 2. The second-order valence-electron chi connectivity index (χ2n) is 3.41. The summed E-state index contributed by atoms with van der Waals surface area (Å²) in [7, 11) is 0. The standard InChI is InChI=1S/C8H17NO2/c1-4-8(9,7(10)11)5-6(2)3/h6H,4-5,9H2,1-3H3,(H,10,11). The smallest absolute Gasteiger partial charge is 0.323 e. The van der Waals surface area contributed by atoms with Gasteiger partial charge in [-0.1, -0.05) is 20.8 Å². The van der Waals surface area contributed by atoms with Crippen molar-refractivity contribution in [1.29, 1.82) is 0 Å². The van der Waals surface area contributed by atoms with Crippen molar-refractivity contribution in [3.63, 3.8) is 0 Å². The molecule has 0 saturated carbocycles. The van der Waals surface area contributed by atoms with E-state index in [2.05, 4.69) is 0 Å². The predicted molar refractivity (Wildman–Crippen MR) is 44.3 cm³/mol. The molecule has 0 aromatic heterocycles. The number of carbonyl (C=O) groups is 1. The van der Waals surface area contributed by atoms with Crippen molar-refractivity contribution < 1.29 is 9.90 Å². The monoisotopic (exact) mass is 159 g/mol. The average Bonchev–Trinajstić information content (AvgIpc) is 1.86. The molecule has 0 aromatic rings. The van der Waals surface area contributed by atoms with Crippen LogP contribution in [-0.4, -0.2) is 16.6 Å². The zero-order chi connectivity index (χ0) is 9.07. The zero-order valence-corrected chi connectivity index (χ0v) is 7.42. The van der Waals surface area contributed by atoms with Crippen molar-refractivity contribution in [2.75, 3.05) is 0 Å². The number of rotatable bonds is 4. The van der Waals surface area contributed by atoms with Crippen molar-refractivity contribution >= 4 is 5.97 Å². The van der Waals surface area contributed by atoms with Gasteiger partial charge in [-0.3, -0.25) is 4.79 Å². The van der Waals surface area contributed by atoms with Gasteiger partial charge < -0.3 is 10.8 Å². The second kappa shape index (κ2) is 3.72. The van der Waals surface area contributed by atoms with E-state index >= 15 is 0 Å². The highest BCUT2D eigenvalue weighted by Crippen LogP contribution is 2.17. The van der Waals surface area contributed by atoms with E-state index in [9.17, 15) is 4.79 Å². The lowest BCUT2D eigenvalue weighted by atomic mass is 9.88. The van der Waals surface area contributed by atoms with Gasteiger partial charge >= 0.3 is 5.97 Å². The summed E-state index contributed by atoms with van der Waals surface area (Å²) in [4.78, 5) is 10.7. The minimum absolute atomic E-state index is 0.330. The van der Waals surface area contributed by atoms with Gasteiger partial charge in [0.15, 0.2) is 0 Å². The van der Waals surface area contributed by atoms with Crippen LogP contribution in [0.3, 0.4) is 0 Å². The van der Waals surface area contributed by atoms with Gasteiger partial charge in [-0.25, -0.2) is 0 Å². The molecule has 11 heavy (non-hydrogen) atoms. The maximum Gasteiger partial charge on any atom is 0.323 e. The molecule has 0 aliphatic heterocycles. The lowest BCUT2D eigenvalue weighted by Gasteiger charge is -2.24. The summed E-state index contributed by atoms with van der Waals surface area (Å²) in [5.74, 6) is -0.565. The first kappa shape index (κ1) is 10.4. The molecule has 1 atom stereocenters. The fourth-order valence-corrected chi connectivity index (χ4v) is 1.11. The Morgan fingerprint density at radius 3 is 2.18 bits per heavy atom. The molecule has 0 rings (SSSR count). The predicted octanol–water partition coefficient (Wildman–Crippen LogP) is 1.22. The summed E-state index contributed by atoms with van der Waals surface area (Å²) in [6, 6.07) is 0. The minimum atomic E-state index is -1.02. The van der Waals surface area contributed by atoms with Gasteiger partial charge in [0.1, 0.15) is 5.54 Å². The third kappa shape index (κ3) is 2.89. The fourth-order valence-electron chi connectivity index (χ4n) is 1.11. The lowest BCUT2D eigenvalue weighted by Crippen LogP contribution is -2.48. The molecular weight excluding hydrogens is 142 g/mol. The first-order valence-electron chi connectivity index (χ1n) is 3.94. The third-order valence-electron chi connectivity index (χ3n) is 1.83. The highest BCUT2D eigenvalue weighted by atomic mass is 16.4. The van der Waals surface area contributed by atoms with Crippen molar-refractivity contribution in [3.8, 4) is 0 Å². The summed E-state index contributed by atoms with van der Waals surface area (Å²) < 4.78 is 0. The van der Waals surface area contributed by atoms with E-state index in [0.29, 0.717) is 18.8 Å². The summed E-state index contributed by atoms with van der Waals surface area (Å²) in [5, 5.41) is 8.76. The van der Waals surface area contributed by atoms with E-state index in [1.807, 2.05) is 13.8 Å². The molecule has 0 bridgehead atoms. The van der Waals surface area contributed by atoms with Crippen LogP contribution in [0.25, 0.3) is 0 Å². The number of aliphatic carboxylic acids is 1. The molecule has 0 aliphatic carbocycles. The number of hydrogen-bond donors (Lipinski definition) is 2. The second-order valence-corrected chi connectivity index (χ2v) is 3.41. The van der Waals surface area contributed by atoms with Crippen LogP contribution in [0, 0.1) is 5.92 Å². The normalized spacial score (nSPS) is 16.5. The van der Waals surface area contributed by atoms with Gasteiger partial charge in [0.2, 0.25) is 0 Å². The molecule has 3 heteroatoms. The average molecular weight is 159 g/mol. The van der Waals surface area contributed by atoms with Crippen LogP contribution < -0.4 is 5.73 Å². The first-order valence-corrected chi connectivity index (χ1v) is 3.94. The molecule has 0 heterocycles. The SMILES string of the molecule is CCC(N)(CC(C)C)C(=O)O. The summed E-state index contributed by atoms with van der Waals surface area (Å²) in [6.45, 7) is 5.75. The summed E-state index contributed by atoms with van der Waals surface area (Å²) >= 11 is 0. The van der Waals surface area contributed by atoms with Crippen LogP contribution in [0.4, 0.5) is 0 Å². The van der Waals surface area contributed by atoms with Gasteiger partial charge in [-0.05, 0) is 18.8 Å². The van der Waals surface area contributed by atoms with Gasteiger partial charge in [-0.15, -0.1) is 0 Å². The number of carboxylic acids is 1. The van der Waals surface area contributed by atoms with E-state index in [0.717, 1.165) is 0 Å². The Morgan fingerprint density at radius 1 is 1.64 bits per heavy atom. The van der Waals surface area contributed by atoms with Crippen molar-refractivity contribution in [2.24, 2.45) is 11.7 Å². The molecule has 0 aromatic carbocycles. The fraction of sp³-hybridized carbons (Fsp3) is 0.875. The van der Waals surface area contributed by atoms with E-state index in [1.165, 1.54) is 0 Å². The van der Waals surface area contributed by atoms with E-state index < -0.39 is 11.5 Å². The molecule has 3 N–H and O–H groups in total. The van der Waals surface area contributed by atoms with Crippen LogP contribution in [0.2, 0.25) is 0 Å². The Labute approximate surface area is 67.6 Å². The van der Waals surface area contributed by atoms with E-state index in [-0.39, 0.29) is 0 Å². The van der Waals surface area contributed by atoms with Crippen LogP contribution in [0.15, 0.2) is 0 Å². The molecule has 66 valence electrons. The Kier molecular flexibility index (Phi) is 3.52. The first-order chi connectivity index (χ1) is 4.92. The molecule has 0 amide bonds. The molecule has 1 unspecified atom stereocenters. The molecular formula is C8H17NO2. The van der Waals surface area contributed by atoms with E-state index in [1.54, 1.807) is 6.92 Å². The summed E-state index contributed by atoms with van der Waals surface area (Å²) in [6.07, 6.45) is 1.03. The molecule has 0 spiro atoms. The topological polar surface area (TPSA) is 63.3 Å². The van der Waals surface area contributed by atoms with Crippen LogP contribution in [0.1, 0.15) is 33.6 Å². The molecule has 0 saturated heterocycles. The quantitative estimate of drug-likeness (QED) is 0.648. The molecule has 0 fully saturated rings. The van der Waals surface area contributed by atoms with E-state index in [4.69, 9.17) is 10.8 Å². The molecule has 3 nitrogen and oxygen atoms in total. The highest BCUT2D eigenvalue weighted by Gasteiger charge is 2.32.